The lowest BCUT2D eigenvalue weighted by atomic mass is 10.2. The zero-order valence-corrected chi connectivity index (χ0v) is 12.0. The largest absolute Gasteiger partial charge is 0.354 e. The van der Waals surface area contributed by atoms with E-state index in [-0.39, 0.29) is 5.69 Å². The second kappa shape index (κ2) is 6.23. The summed E-state index contributed by atoms with van der Waals surface area (Å²) in [6, 6.07) is 1.85. The average molecular weight is 291 g/mol. The van der Waals surface area contributed by atoms with E-state index >= 15 is 0 Å². The molecule has 0 saturated carbocycles. The molecule has 1 aliphatic heterocycles. The molecule has 2 aromatic rings. The van der Waals surface area contributed by atoms with Gasteiger partial charge < -0.3 is 10.6 Å². The highest BCUT2D eigenvalue weighted by Gasteiger charge is 2.18. The van der Waals surface area contributed by atoms with Crippen LogP contribution in [0.25, 0.3) is 5.65 Å². The first-order valence-corrected chi connectivity index (χ1v) is 7.38. The van der Waals surface area contributed by atoms with Crippen molar-refractivity contribution < 1.29 is 0 Å². The van der Waals surface area contributed by atoms with Gasteiger partial charge in [-0.25, -0.2) is 19.3 Å². The molecule has 1 saturated heterocycles. The standard InChI is InChI=1S/C13H21N7O/c14-3-1-2-4-18-5-7-19(8-6-18)11-9-12-16-17-13(21)20(12)10-15-11/h9-10H,1-8,14H2,(H,17,21). The molecule has 0 aliphatic carbocycles. The molecule has 3 rings (SSSR count). The lowest BCUT2D eigenvalue weighted by molar-refractivity contribution is 0.253. The third kappa shape index (κ3) is 3.06. The van der Waals surface area contributed by atoms with Crippen LogP contribution in [0.5, 0.6) is 0 Å². The minimum absolute atomic E-state index is 0.256. The summed E-state index contributed by atoms with van der Waals surface area (Å²) in [7, 11) is 0. The number of unbranched alkanes of at least 4 members (excludes halogenated alkanes) is 1. The van der Waals surface area contributed by atoms with Crippen LogP contribution in [0, 0.1) is 0 Å². The molecule has 8 nitrogen and oxygen atoms in total. The first kappa shape index (κ1) is 14.0. The summed E-state index contributed by atoms with van der Waals surface area (Å²) in [6.45, 7) is 5.84. The molecule has 0 spiro atoms. The average Bonchev–Trinajstić information content (AvgIpc) is 2.89. The number of rotatable bonds is 5. The van der Waals surface area contributed by atoms with Crippen LogP contribution in [0.1, 0.15) is 12.8 Å². The van der Waals surface area contributed by atoms with Gasteiger partial charge in [0.05, 0.1) is 0 Å². The Kier molecular flexibility index (Phi) is 4.16. The van der Waals surface area contributed by atoms with Crippen LogP contribution in [0.2, 0.25) is 0 Å². The van der Waals surface area contributed by atoms with Crippen molar-refractivity contribution in [3.63, 3.8) is 0 Å². The topological polar surface area (TPSA) is 95.5 Å². The van der Waals surface area contributed by atoms with Gasteiger partial charge in [-0.2, -0.15) is 5.10 Å². The van der Waals surface area contributed by atoms with Gasteiger partial charge in [0.15, 0.2) is 5.65 Å². The van der Waals surface area contributed by atoms with E-state index in [2.05, 4.69) is 25.0 Å². The fraction of sp³-hybridized carbons (Fsp3) is 0.615. The minimum Gasteiger partial charge on any atom is -0.354 e. The van der Waals surface area contributed by atoms with Gasteiger partial charge >= 0.3 is 5.69 Å². The summed E-state index contributed by atoms with van der Waals surface area (Å²) >= 11 is 0. The van der Waals surface area contributed by atoms with Crippen LogP contribution in [0.3, 0.4) is 0 Å². The molecular weight excluding hydrogens is 270 g/mol. The van der Waals surface area contributed by atoms with E-state index in [1.807, 2.05) is 6.07 Å². The highest BCUT2D eigenvalue weighted by Crippen LogP contribution is 2.14. The monoisotopic (exact) mass is 291 g/mol. The number of nitrogens with zero attached hydrogens (tertiary/aromatic N) is 5. The SMILES string of the molecule is NCCCCN1CCN(c2cc3n[nH]c(=O)n3cn2)CC1. The highest BCUT2D eigenvalue weighted by atomic mass is 16.1. The summed E-state index contributed by atoms with van der Waals surface area (Å²) < 4.78 is 1.41. The van der Waals surface area contributed by atoms with Crippen molar-refractivity contribution in [1.29, 1.82) is 0 Å². The maximum absolute atomic E-state index is 11.4. The van der Waals surface area contributed by atoms with Crippen molar-refractivity contribution >= 4 is 11.5 Å². The van der Waals surface area contributed by atoms with Crippen LogP contribution in [0.15, 0.2) is 17.2 Å². The number of nitrogens with one attached hydrogen (secondary N) is 1. The molecule has 21 heavy (non-hydrogen) atoms. The lowest BCUT2D eigenvalue weighted by Gasteiger charge is -2.35. The van der Waals surface area contributed by atoms with E-state index in [1.54, 1.807) is 0 Å². The number of H-pyrrole nitrogens is 1. The molecule has 1 aliphatic rings. The molecule has 2 aromatic heterocycles. The van der Waals surface area contributed by atoms with Crippen LogP contribution in [0.4, 0.5) is 5.82 Å². The molecule has 0 amide bonds. The Morgan fingerprint density at radius 2 is 2.05 bits per heavy atom. The first-order chi connectivity index (χ1) is 10.3. The van der Waals surface area contributed by atoms with Crippen LogP contribution in [-0.2, 0) is 0 Å². The molecular formula is C13H21N7O. The number of nitrogens with two attached hydrogens (primary N) is 1. The van der Waals surface area contributed by atoms with E-state index < -0.39 is 0 Å². The molecule has 0 aromatic carbocycles. The minimum atomic E-state index is -0.256. The Balaban J connectivity index is 1.61. The number of hydrogen-bond donors (Lipinski definition) is 2. The van der Waals surface area contributed by atoms with Crippen molar-refractivity contribution in [2.45, 2.75) is 12.8 Å². The van der Waals surface area contributed by atoms with Gasteiger partial charge in [-0.3, -0.25) is 4.90 Å². The van der Waals surface area contributed by atoms with Gasteiger partial charge in [0, 0.05) is 32.2 Å². The molecule has 0 unspecified atom stereocenters. The quantitative estimate of drug-likeness (QED) is 0.706. The first-order valence-electron chi connectivity index (χ1n) is 7.38. The van der Waals surface area contributed by atoms with E-state index in [9.17, 15) is 4.79 Å². The third-order valence-corrected chi connectivity index (χ3v) is 3.92. The summed E-state index contributed by atoms with van der Waals surface area (Å²) in [5.41, 5.74) is 5.87. The summed E-state index contributed by atoms with van der Waals surface area (Å²) in [4.78, 5) is 20.5. The highest BCUT2D eigenvalue weighted by molar-refractivity contribution is 5.50. The normalized spacial score (nSPS) is 16.7. The molecule has 8 heteroatoms. The van der Waals surface area contributed by atoms with Gasteiger partial charge in [0.25, 0.3) is 0 Å². The summed E-state index contributed by atoms with van der Waals surface area (Å²) in [6.07, 6.45) is 3.79. The Morgan fingerprint density at radius 3 is 2.81 bits per heavy atom. The van der Waals surface area contributed by atoms with Crippen molar-refractivity contribution in [2.75, 3.05) is 44.2 Å². The van der Waals surface area contributed by atoms with Crippen molar-refractivity contribution in [3.05, 3.63) is 22.9 Å². The second-order valence-electron chi connectivity index (χ2n) is 5.33. The fourth-order valence-corrected chi connectivity index (χ4v) is 2.65. The van der Waals surface area contributed by atoms with E-state index in [0.717, 1.165) is 57.9 Å². The Hall–Kier alpha value is -1.93. The Labute approximate surface area is 122 Å². The molecule has 0 bridgehead atoms. The van der Waals surface area contributed by atoms with Crippen LogP contribution in [-0.4, -0.2) is 63.8 Å². The fourth-order valence-electron chi connectivity index (χ4n) is 2.65. The molecule has 114 valence electrons. The summed E-state index contributed by atoms with van der Waals surface area (Å²) in [5.74, 6) is 0.878. The summed E-state index contributed by atoms with van der Waals surface area (Å²) in [5, 5.41) is 6.40. The number of aromatic amines is 1. The van der Waals surface area contributed by atoms with E-state index in [4.69, 9.17) is 5.73 Å². The smallest absolute Gasteiger partial charge is 0.348 e. The number of anilines is 1. The second-order valence-corrected chi connectivity index (χ2v) is 5.33. The zero-order chi connectivity index (χ0) is 14.7. The lowest BCUT2D eigenvalue weighted by Crippen LogP contribution is -2.47. The van der Waals surface area contributed by atoms with Crippen molar-refractivity contribution in [2.24, 2.45) is 5.73 Å². The molecule has 3 N–H and O–H groups in total. The van der Waals surface area contributed by atoms with E-state index in [0.29, 0.717) is 5.65 Å². The van der Waals surface area contributed by atoms with Crippen LogP contribution < -0.4 is 16.3 Å². The third-order valence-electron chi connectivity index (χ3n) is 3.92. The molecule has 0 radical (unpaired) electrons. The maximum atomic E-state index is 11.4. The van der Waals surface area contributed by atoms with Crippen molar-refractivity contribution in [3.8, 4) is 0 Å². The Bertz CT molecular complexity index is 641. The van der Waals surface area contributed by atoms with Gasteiger partial charge in [-0.05, 0) is 25.9 Å². The number of aromatic nitrogens is 4. The maximum Gasteiger partial charge on any atom is 0.348 e. The zero-order valence-electron chi connectivity index (χ0n) is 12.0. The molecule has 0 atom stereocenters. The molecule has 3 heterocycles. The predicted octanol–water partition coefficient (Wildman–Crippen LogP) is -0.721. The number of fused-ring (bicyclic) bond motifs is 1. The van der Waals surface area contributed by atoms with Gasteiger partial charge in [-0.15, -0.1) is 0 Å². The Morgan fingerprint density at radius 1 is 1.24 bits per heavy atom. The van der Waals surface area contributed by atoms with Gasteiger partial charge in [0.1, 0.15) is 12.1 Å². The van der Waals surface area contributed by atoms with Crippen molar-refractivity contribution in [1.82, 2.24) is 24.5 Å². The number of piperazine rings is 1. The van der Waals surface area contributed by atoms with E-state index in [1.165, 1.54) is 10.7 Å². The van der Waals surface area contributed by atoms with Gasteiger partial charge in [-0.1, -0.05) is 0 Å². The van der Waals surface area contributed by atoms with Gasteiger partial charge in [0.2, 0.25) is 0 Å². The predicted molar refractivity (Wildman–Crippen MR) is 80.5 cm³/mol. The van der Waals surface area contributed by atoms with Crippen LogP contribution >= 0.6 is 0 Å². The molecule has 1 fully saturated rings. The number of hydrogen-bond acceptors (Lipinski definition) is 6.